The van der Waals surface area contributed by atoms with Crippen molar-refractivity contribution in [2.24, 2.45) is 0 Å². The maximum Gasteiger partial charge on any atom is 0.337 e. The molecule has 1 aliphatic rings. The van der Waals surface area contributed by atoms with Crippen LogP contribution in [0.5, 0.6) is 0 Å². The highest BCUT2D eigenvalue weighted by Crippen LogP contribution is 2.32. The zero-order valence-corrected chi connectivity index (χ0v) is 13.5. The van der Waals surface area contributed by atoms with Gasteiger partial charge in [-0.05, 0) is 52.3 Å². The molecule has 116 valence electrons. The van der Waals surface area contributed by atoms with Crippen LogP contribution in [0, 0.1) is 6.92 Å². The van der Waals surface area contributed by atoms with E-state index in [2.05, 4.69) is 12.1 Å². The number of benzene rings is 1. The molecule has 0 N–H and O–H groups in total. The molecule has 0 saturated carbocycles. The molecule has 1 aromatic heterocycles. The van der Waals surface area contributed by atoms with Crippen LogP contribution in [0.4, 0.5) is 0 Å². The van der Waals surface area contributed by atoms with Crippen molar-refractivity contribution < 1.29 is 14.3 Å². The molecule has 1 aliphatic heterocycles. The van der Waals surface area contributed by atoms with E-state index in [0.29, 0.717) is 12.8 Å². The molecule has 0 fully saturated rings. The Kier molecular flexibility index (Phi) is 3.35. The number of hydrogen-bond acceptors (Lipinski definition) is 3. The fourth-order valence-corrected chi connectivity index (χ4v) is 3.04. The monoisotopic (exact) mass is 299 g/mol. The highest BCUT2D eigenvalue weighted by molar-refractivity contribution is 6.04. The summed E-state index contributed by atoms with van der Waals surface area (Å²) in [6, 6.07) is 7.28. The number of Topliss-reactive ketones (excluding diaryl/α,β-unsaturated/α-hetero) is 1. The second-order valence-electron chi connectivity index (χ2n) is 6.97. The first kappa shape index (κ1) is 14.8. The van der Waals surface area contributed by atoms with Gasteiger partial charge in [0.2, 0.25) is 0 Å². The van der Waals surface area contributed by atoms with Crippen LogP contribution in [0.25, 0.3) is 10.9 Å². The van der Waals surface area contributed by atoms with Crippen LogP contribution in [0.3, 0.4) is 0 Å². The fraction of sp³-hybridized carbons (Fsp3) is 0.444. The number of carbonyl (C=O) groups is 2. The zero-order chi connectivity index (χ0) is 16.1. The molecule has 3 rings (SSSR count). The Morgan fingerprint density at radius 1 is 1.23 bits per heavy atom. The Balaban J connectivity index is 2.12. The summed E-state index contributed by atoms with van der Waals surface area (Å²) in [6.07, 6.45) is 1.06. The molecule has 0 unspecified atom stereocenters. The van der Waals surface area contributed by atoms with Gasteiger partial charge in [-0.3, -0.25) is 4.79 Å². The predicted molar refractivity (Wildman–Crippen MR) is 84.9 cm³/mol. The average molecular weight is 299 g/mol. The van der Waals surface area contributed by atoms with Crippen molar-refractivity contribution in [3.63, 3.8) is 0 Å². The first-order valence-electron chi connectivity index (χ1n) is 7.62. The van der Waals surface area contributed by atoms with Crippen LogP contribution in [0.2, 0.25) is 0 Å². The van der Waals surface area contributed by atoms with Gasteiger partial charge in [0.1, 0.15) is 5.60 Å². The third-order valence-electron chi connectivity index (χ3n) is 3.89. The number of esters is 1. The van der Waals surface area contributed by atoms with Gasteiger partial charge in [-0.2, -0.15) is 0 Å². The Morgan fingerprint density at radius 2 is 1.95 bits per heavy atom. The van der Waals surface area contributed by atoms with Crippen LogP contribution in [-0.4, -0.2) is 21.9 Å². The molecule has 4 heteroatoms. The number of ether oxygens (including phenoxy) is 1. The number of carbonyl (C=O) groups excluding carboxylic acids is 2. The number of aryl methyl sites for hydroxylation is 2. The molecule has 4 nitrogen and oxygen atoms in total. The summed E-state index contributed by atoms with van der Waals surface area (Å²) in [5.74, 6) is -0.531. The largest absolute Gasteiger partial charge is 0.458 e. The molecule has 0 saturated heterocycles. The van der Waals surface area contributed by atoms with Gasteiger partial charge in [0.25, 0.3) is 0 Å². The molecule has 0 bridgehead atoms. The quantitative estimate of drug-likeness (QED) is 0.599. The molecule has 0 spiro atoms. The SMILES string of the molecule is Cc1ccc2c(c1)cc1n2[C@@H](C(=O)OC(C)(C)C)C(=O)CC1. The predicted octanol–water partition coefficient (Wildman–Crippen LogP) is 3.35. The summed E-state index contributed by atoms with van der Waals surface area (Å²) in [5.41, 5.74) is 2.50. The molecule has 1 atom stereocenters. The Labute approximate surface area is 130 Å². The van der Waals surface area contributed by atoms with E-state index in [1.54, 1.807) is 0 Å². The summed E-state index contributed by atoms with van der Waals surface area (Å²) < 4.78 is 7.32. The van der Waals surface area contributed by atoms with Crippen molar-refractivity contribution in [3.05, 3.63) is 35.5 Å². The number of rotatable bonds is 1. The molecular formula is C18H21NO3. The molecule has 0 aliphatic carbocycles. The maximum absolute atomic E-state index is 12.5. The zero-order valence-electron chi connectivity index (χ0n) is 13.5. The average Bonchev–Trinajstić information content (AvgIpc) is 2.73. The van der Waals surface area contributed by atoms with Gasteiger partial charge in [-0.15, -0.1) is 0 Å². The first-order chi connectivity index (χ1) is 10.3. The summed E-state index contributed by atoms with van der Waals surface area (Å²) in [5, 5.41) is 1.07. The van der Waals surface area contributed by atoms with E-state index in [-0.39, 0.29) is 5.78 Å². The van der Waals surface area contributed by atoms with E-state index < -0.39 is 17.6 Å². The molecule has 2 aromatic rings. The minimum absolute atomic E-state index is 0.0696. The Hall–Kier alpha value is -2.10. The topological polar surface area (TPSA) is 48.3 Å². The van der Waals surface area contributed by atoms with Crippen molar-refractivity contribution in [2.75, 3.05) is 0 Å². The molecule has 1 aromatic carbocycles. The summed E-state index contributed by atoms with van der Waals surface area (Å²) in [7, 11) is 0. The van der Waals surface area contributed by atoms with Crippen molar-refractivity contribution >= 4 is 22.7 Å². The van der Waals surface area contributed by atoms with Gasteiger partial charge < -0.3 is 9.30 Å². The lowest BCUT2D eigenvalue weighted by molar-refractivity contribution is -0.161. The second kappa shape index (κ2) is 4.97. The minimum Gasteiger partial charge on any atom is -0.458 e. The molecular weight excluding hydrogens is 278 g/mol. The summed E-state index contributed by atoms with van der Waals surface area (Å²) in [4.78, 5) is 24.9. The van der Waals surface area contributed by atoms with E-state index in [4.69, 9.17) is 4.74 Å². The van der Waals surface area contributed by atoms with Gasteiger partial charge >= 0.3 is 5.97 Å². The summed E-state index contributed by atoms with van der Waals surface area (Å²) >= 11 is 0. The number of aromatic nitrogens is 1. The Morgan fingerprint density at radius 3 is 2.64 bits per heavy atom. The van der Waals surface area contributed by atoms with E-state index >= 15 is 0 Å². The molecule has 0 amide bonds. The van der Waals surface area contributed by atoms with Crippen molar-refractivity contribution in [2.45, 2.75) is 52.2 Å². The van der Waals surface area contributed by atoms with E-state index in [0.717, 1.165) is 22.2 Å². The van der Waals surface area contributed by atoms with Crippen molar-refractivity contribution in [3.8, 4) is 0 Å². The van der Waals surface area contributed by atoms with Crippen molar-refractivity contribution in [1.29, 1.82) is 0 Å². The van der Waals surface area contributed by atoms with E-state index in [1.165, 1.54) is 0 Å². The van der Waals surface area contributed by atoms with Gasteiger partial charge in [-0.1, -0.05) is 11.6 Å². The number of hydrogen-bond donors (Lipinski definition) is 0. The molecule has 22 heavy (non-hydrogen) atoms. The van der Waals surface area contributed by atoms with Gasteiger partial charge in [0, 0.05) is 23.0 Å². The Bertz CT molecular complexity index is 764. The number of ketones is 1. The van der Waals surface area contributed by atoms with Crippen LogP contribution in [0.15, 0.2) is 24.3 Å². The smallest absolute Gasteiger partial charge is 0.337 e. The molecule has 0 radical (unpaired) electrons. The lowest BCUT2D eigenvalue weighted by atomic mass is 10.0. The maximum atomic E-state index is 12.5. The standard InChI is InChI=1S/C18H21NO3/c1-11-5-7-14-12(9-11)10-13-6-8-15(20)16(19(13)14)17(21)22-18(2,3)4/h5,7,9-10,16H,6,8H2,1-4H3/t16-/m1/s1. The van der Waals surface area contributed by atoms with Gasteiger partial charge in [0.05, 0.1) is 0 Å². The minimum atomic E-state index is -0.858. The van der Waals surface area contributed by atoms with Crippen LogP contribution in [0.1, 0.15) is 44.5 Å². The highest BCUT2D eigenvalue weighted by Gasteiger charge is 2.37. The third-order valence-corrected chi connectivity index (χ3v) is 3.89. The lowest BCUT2D eigenvalue weighted by Gasteiger charge is -2.28. The van der Waals surface area contributed by atoms with E-state index in [1.807, 2.05) is 44.4 Å². The van der Waals surface area contributed by atoms with Gasteiger partial charge in [0.15, 0.2) is 11.8 Å². The number of nitrogens with zero attached hydrogens (tertiary/aromatic N) is 1. The summed E-state index contributed by atoms with van der Waals surface area (Å²) in [6.45, 7) is 7.48. The molecule has 2 heterocycles. The normalized spacial score (nSPS) is 18.4. The van der Waals surface area contributed by atoms with Crippen LogP contribution in [-0.2, 0) is 20.7 Å². The lowest BCUT2D eigenvalue weighted by Crippen LogP contribution is -2.37. The third kappa shape index (κ3) is 2.54. The van der Waals surface area contributed by atoms with Crippen LogP contribution >= 0.6 is 0 Å². The van der Waals surface area contributed by atoms with Crippen LogP contribution < -0.4 is 0 Å². The van der Waals surface area contributed by atoms with E-state index in [9.17, 15) is 9.59 Å². The second-order valence-corrected chi connectivity index (χ2v) is 6.97. The van der Waals surface area contributed by atoms with Crippen molar-refractivity contribution in [1.82, 2.24) is 4.57 Å². The highest BCUT2D eigenvalue weighted by atomic mass is 16.6. The number of fused-ring (bicyclic) bond motifs is 3. The van der Waals surface area contributed by atoms with Gasteiger partial charge in [-0.25, -0.2) is 4.79 Å². The first-order valence-corrected chi connectivity index (χ1v) is 7.62. The fourth-order valence-electron chi connectivity index (χ4n) is 3.04.